The second kappa shape index (κ2) is 77.4. The van der Waals surface area contributed by atoms with Gasteiger partial charge in [-0.15, -0.1) is 0 Å². The molecule has 19 heteroatoms. The van der Waals surface area contributed by atoms with Gasteiger partial charge < -0.3 is 33.8 Å². The summed E-state index contributed by atoms with van der Waals surface area (Å²) in [5, 5.41) is 10.7. The zero-order chi connectivity index (χ0) is 77.1. The highest BCUT2D eigenvalue weighted by Gasteiger charge is 2.30. The van der Waals surface area contributed by atoms with Gasteiger partial charge in [-0.2, -0.15) is 0 Å². The van der Waals surface area contributed by atoms with Crippen molar-refractivity contribution < 1.29 is 80.2 Å². The third-order valence-corrected chi connectivity index (χ3v) is 22.1. The topological polar surface area (TPSA) is 237 Å². The van der Waals surface area contributed by atoms with Crippen LogP contribution in [-0.2, 0) is 65.4 Å². The van der Waals surface area contributed by atoms with Crippen molar-refractivity contribution >= 4 is 39.5 Å². The number of hydrogen-bond acceptors (Lipinski definition) is 15. The standard InChI is InChI=1S/C86H168O17P2/c1-7-9-11-13-15-17-19-21-23-25-26-27-28-29-35-39-43-47-51-59-65-70-85(90)102-81(74-96-83(88)68-62-56-49-45-41-37-34-31-30-32-36-40-44-48-54-60-66-78(3)4)76-100-104(92,93)98-72-80(87)73-99-105(94,95)101-77-82(75-97-84(89)69-63-57-53-52-55-61-67-79(5)6)103-86(91)71-64-58-50-46-42-38-33-24-22-20-18-16-14-12-10-8-2/h78-82,87H,7-77H2,1-6H3,(H,92,93)(H,94,95)/t80-,81-,82-/m1/s1. The van der Waals surface area contributed by atoms with Crippen molar-refractivity contribution in [2.24, 2.45) is 11.8 Å². The lowest BCUT2D eigenvalue weighted by Crippen LogP contribution is -2.30. The van der Waals surface area contributed by atoms with Gasteiger partial charge in [0.1, 0.15) is 19.3 Å². The fourth-order valence-corrected chi connectivity index (χ4v) is 15.0. The average molecular weight is 1540 g/mol. The van der Waals surface area contributed by atoms with E-state index in [1.54, 1.807) is 0 Å². The molecule has 0 aromatic carbocycles. The van der Waals surface area contributed by atoms with Crippen molar-refractivity contribution in [3.05, 3.63) is 0 Å². The molecular formula is C86H168O17P2. The van der Waals surface area contributed by atoms with Crippen molar-refractivity contribution in [1.29, 1.82) is 0 Å². The van der Waals surface area contributed by atoms with E-state index in [2.05, 4.69) is 41.5 Å². The van der Waals surface area contributed by atoms with E-state index >= 15 is 0 Å². The molecule has 624 valence electrons. The number of carbonyl (C=O) groups excluding carboxylic acids is 4. The molecule has 3 N–H and O–H groups in total. The second-order valence-corrected chi connectivity index (χ2v) is 34.8. The van der Waals surface area contributed by atoms with Crippen LogP contribution in [0, 0.1) is 11.8 Å². The second-order valence-electron chi connectivity index (χ2n) is 31.9. The molecule has 2 unspecified atom stereocenters. The summed E-state index contributed by atoms with van der Waals surface area (Å²) in [6, 6.07) is 0. The molecule has 0 saturated heterocycles. The Morgan fingerprint density at radius 2 is 0.438 bits per heavy atom. The van der Waals surface area contributed by atoms with Crippen LogP contribution in [0.15, 0.2) is 0 Å². The molecular weight excluding hydrogens is 1370 g/mol. The van der Waals surface area contributed by atoms with E-state index in [9.17, 15) is 43.2 Å². The van der Waals surface area contributed by atoms with Crippen LogP contribution >= 0.6 is 15.6 Å². The summed E-state index contributed by atoms with van der Waals surface area (Å²) in [7, 11) is -9.93. The Labute approximate surface area is 645 Å². The van der Waals surface area contributed by atoms with Crippen LogP contribution in [0.25, 0.3) is 0 Å². The van der Waals surface area contributed by atoms with Gasteiger partial charge in [-0.3, -0.25) is 37.3 Å². The van der Waals surface area contributed by atoms with E-state index in [1.165, 1.54) is 270 Å². The molecule has 0 amide bonds. The number of hydrogen-bond donors (Lipinski definition) is 3. The normalized spacial score (nSPS) is 13.8. The van der Waals surface area contributed by atoms with Crippen molar-refractivity contribution in [2.75, 3.05) is 39.6 Å². The van der Waals surface area contributed by atoms with E-state index in [0.29, 0.717) is 31.6 Å². The number of phosphoric ester groups is 2. The molecule has 17 nitrogen and oxygen atoms in total. The number of phosphoric acid groups is 2. The fraction of sp³-hybridized carbons (Fsp3) is 0.953. The van der Waals surface area contributed by atoms with E-state index in [-0.39, 0.29) is 25.7 Å². The minimum absolute atomic E-state index is 0.108. The van der Waals surface area contributed by atoms with Crippen LogP contribution in [0.2, 0.25) is 0 Å². The van der Waals surface area contributed by atoms with E-state index in [1.807, 2.05) is 0 Å². The van der Waals surface area contributed by atoms with Crippen LogP contribution in [0.1, 0.15) is 459 Å². The molecule has 5 atom stereocenters. The fourth-order valence-electron chi connectivity index (χ4n) is 13.4. The van der Waals surface area contributed by atoms with Crippen molar-refractivity contribution in [2.45, 2.75) is 477 Å². The van der Waals surface area contributed by atoms with Gasteiger partial charge in [0, 0.05) is 25.7 Å². The first-order chi connectivity index (χ1) is 50.9. The highest BCUT2D eigenvalue weighted by Crippen LogP contribution is 2.45. The molecule has 0 saturated carbocycles. The zero-order valence-corrected chi connectivity index (χ0v) is 70.8. The van der Waals surface area contributed by atoms with Gasteiger partial charge in [0.05, 0.1) is 26.4 Å². The minimum Gasteiger partial charge on any atom is -0.462 e. The molecule has 0 aliphatic heterocycles. The van der Waals surface area contributed by atoms with Gasteiger partial charge in [-0.1, -0.05) is 408 Å². The molecule has 0 heterocycles. The highest BCUT2D eigenvalue weighted by molar-refractivity contribution is 7.47. The lowest BCUT2D eigenvalue weighted by Gasteiger charge is -2.21. The molecule has 0 aliphatic carbocycles. The maximum atomic E-state index is 13.1. The first kappa shape index (κ1) is 103. The Hall–Kier alpha value is -1.94. The Balaban J connectivity index is 5.21. The molecule has 0 bridgehead atoms. The molecule has 0 radical (unpaired) electrons. The van der Waals surface area contributed by atoms with Crippen LogP contribution in [0.5, 0.6) is 0 Å². The molecule has 0 spiro atoms. The predicted molar refractivity (Wildman–Crippen MR) is 432 cm³/mol. The highest BCUT2D eigenvalue weighted by atomic mass is 31.2. The number of esters is 4. The summed E-state index contributed by atoms with van der Waals surface area (Å²) in [6.07, 6.45) is 69.7. The Morgan fingerprint density at radius 3 is 0.648 bits per heavy atom. The summed E-state index contributed by atoms with van der Waals surface area (Å²) in [4.78, 5) is 73.2. The van der Waals surface area contributed by atoms with Gasteiger partial charge in [0.25, 0.3) is 0 Å². The van der Waals surface area contributed by atoms with Crippen LogP contribution < -0.4 is 0 Å². The maximum absolute atomic E-state index is 13.1. The number of carbonyl (C=O) groups is 4. The first-order valence-electron chi connectivity index (χ1n) is 44.5. The van der Waals surface area contributed by atoms with Gasteiger partial charge in [0.2, 0.25) is 0 Å². The summed E-state index contributed by atoms with van der Waals surface area (Å²) >= 11 is 0. The zero-order valence-electron chi connectivity index (χ0n) is 69.0. The summed E-state index contributed by atoms with van der Waals surface area (Å²) in [5.41, 5.74) is 0. The Morgan fingerprint density at radius 1 is 0.257 bits per heavy atom. The summed E-state index contributed by atoms with van der Waals surface area (Å²) in [5.74, 6) is -0.612. The van der Waals surface area contributed by atoms with Crippen LogP contribution in [0.4, 0.5) is 0 Å². The van der Waals surface area contributed by atoms with E-state index < -0.39 is 97.5 Å². The third kappa shape index (κ3) is 79.9. The molecule has 105 heavy (non-hydrogen) atoms. The molecule has 0 aromatic rings. The van der Waals surface area contributed by atoms with E-state index in [0.717, 1.165) is 102 Å². The molecule has 0 aromatic heterocycles. The van der Waals surface area contributed by atoms with Crippen LogP contribution in [0.3, 0.4) is 0 Å². The van der Waals surface area contributed by atoms with Gasteiger partial charge in [0.15, 0.2) is 12.2 Å². The summed E-state index contributed by atoms with van der Waals surface area (Å²) in [6.45, 7) is 9.62. The molecule has 0 fully saturated rings. The number of aliphatic hydroxyl groups is 1. The Kier molecular flexibility index (Phi) is 76.0. The van der Waals surface area contributed by atoms with Crippen molar-refractivity contribution in [1.82, 2.24) is 0 Å². The summed E-state index contributed by atoms with van der Waals surface area (Å²) < 4.78 is 68.8. The monoisotopic (exact) mass is 1540 g/mol. The minimum atomic E-state index is -4.97. The number of aliphatic hydroxyl groups excluding tert-OH is 1. The largest absolute Gasteiger partial charge is 0.472 e. The maximum Gasteiger partial charge on any atom is 0.472 e. The molecule has 0 rings (SSSR count). The smallest absolute Gasteiger partial charge is 0.462 e. The number of unbranched alkanes of at least 4 members (excludes halogenated alkanes) is 55. The van der Waals surface area contributed by atoms with Gasteiger partial charge in [-0.05, 0) is 37.5 Å². The average Bonchev–Trinajstić information content (AvgIpc) is 1.06. The van der Waals surface area contributed by atoms with Crippen LogP contribution in [-0.4, -0.2) is 96.7 Å². The predicted octanol–water partition coefficient (Wildman–Crippen LogP) is 26.2. The molecule has 0 aliphatic rings. The number of ether oxygens (including phenoxy) is 4. The third-order valence-electron chi connectivity index (χ3n) is 20.2. The first-order valence-corrected chi connectivity index (χ1v) is 47.5. The van der Waals surface area contributed by atoms with Gasteiger partial charge in [-0.25, -0.2) is 9.13 Å². The van der Waals surface area contributed by atoms with E-state index in [4.69, 9.17) is 37.0 Å². The van der Waals surface area contributed by atoms with Crippen molar-refractivity contribution in [3.63, 3.8) is 0 Å². The SMILES string of the molecule is CCCCCCCCCCCCCCCCCCCCCCCC(=O)O[C@H](COC(=O)CCCCCCCCCCCCCCCCCCC(C)C)COP(=O)(O)OC[C@@H](O)COP(=O)(O)OC[C@@H](COC(=O)CCCCCCCCC(C)C)OC(=O)CCCCCCCCCCCCCCCCCC. The van der Waals surface area contributed by atoms with Gasteiger partial charge >= 0.3 is 39.5 Å². The lowest BCUT2D eigenvalue weighted by atomic mass is 10.0. The number of rotatable bonds is 85. The lowest BCUT2D eigenvalue weighted by molar-refractivity contribution is -0.161. The quantitative estimate of drug-likeness (QED) is 0.0222. The Bertz CT molecular complexity index is 2010. The van der Waals surface area contributed by atoms with Crippen molar-refractivity contribution in [3.8, 4) is 0 Å².